The molecule has 4 nitrogen and oxygen atoms in total. The van der Waals surface area contributed by atoms with Gasteiger partial charge in [0.15, 0.2) is 0 Å². The lowest BCUT2D eigenvalue weighted by atomic mass is 9.99. The zero-order chi connectivity index (χ0) is 21.4. The van der Waals surface area contributed by atoms with E-state index in [0.29, 0.717) is 39.2 Å². The second-order valence-electron chi connectivity index (χ2n) is 6.78. The molecule has 1 aliphatic rings. The van der Waals surface area contributed by atoms with Crippen LogP contribution in [0.2, 0.25) is 0 Å². The first-order valence-corrected chi connectivity index (χ1v) is 9.50. The van der Waals surface area contributed by atoms with E-state index in [1.165, 1.54) is 18.2 Å². The monoisotopic (exact) mass is 418 g/mol. The van der Waals surface area contributed by atoms with Gasteiger partial charge in [0, 0.05) is 16.2 Å². The quantitative estimate of drug-likeness (QED) is 0.511. The van der Waals surface area contributed by atoms with E-state index in [0.717, 1.165) is 4.90 Å². The number of benzene rings is 2. The molecular weight excluding hydrogens is 403 g/mol. The number of aromatic nitrogens is 1. The molecule has 30 heavy (non-hydrogen) atoms. The molecule has 2 amide bonds. The van der Waals surface area contributed by atoms with Crippen molar-refractivity contribution in [2.24, 2.45) is 0 Å². The molecule has 0 spiro atoms. The first-order chi connectivity index (χ1) is 14.4. The smallest absolute Gasteiger partial charge is 0.261 e. The first kappa shape index (κ1) is 19.7. The highest BCUT2D eigenvalue weighted by molar-refractivity contribution is 6.48. The minimum atomic E-state index is -0.418. The molecule has 0 unspecified atom stereocenters. The molecule has 0 atom stereocenters. The maximum Gasteiger partial charge on any atom is 0.261 e. The Morgan fingerprint density at radius 2 is 1.70 bits per heavy atom. The molecule has 0 bridgehead atoms. The van der Waals surface area contributed by atoms with Crippen LogP contribution in [0.15, 0.2) is 67.8 Å². The highest BCUT2D eigenvalue weighted by Gasteiger charge is 2.36. The number of rotatable bonds is 5. The van der Waals surface area contributed by atoms with Crippen LogP contribution >= 0.6 is 11.6 Å². The lowest BCUT2D eigenvalue weighted by molar-refractivity contribution is 0.0640. The van der Waals surface area contributed by atoms with Gasteiger partial charge < -0.3 is 0 Å². The van der Waals surface area contributed by atoms with Crippen molar-refractivity contribution < 1.29 is 14.0 Å². The third-order valence-corrected chi connectivity index (χ3v) is 5.14. The number of carbonyl (C=O) groups is 2. The van der Waals surface area contributed by atoms with Crippen LogP contribution in [0, 0.1) is 5.82 Å². The van der Waals surface area contributed by atoms with Crippen LogP contribution in [0.25, 0.3) is 22.2 Å². The van der Waals surface area contributed by atoms with Crippen LogP contribution in [-0.2, 0) is 6.54 Å². The summed E-state index contributed by atoms with van der Waals surface area (Å²) in [4.78, 5) is 31.3. The summed E-state index contributed by atoms with van der Waals surface area (Å²) in [6, 6.07) is 14.4. The van der Waals surface area contributed by atoms with Crippen LogP contribution in [0.4, 0.5) is 4.39 Å². The summed E-state index contributed by atoms with van der Waals surface area (Å²) in [5, 5.41) is 0.252. The van der Waals surface area contributed by atoms with E-state index in [9.17, 15) is 14.0 Å². The van der Waals surface area contributed by atoms with Crippen molar-refractivity contribution in [2.45, 2.75) is 6.54 Å². The second-order valence-corrected chi connectivity index (χ2v) is 7.23. The Hall–Kier alpha value is -3.57. The Labute approximate surface area is 177 Å². The molecule has 4 rings (SSSR count). The summed E-state index contributed by atoms with van der Waals surface area (Å²) in [7, 11) is 0. The minimum absolute atomic E-state index is 0.0753. The van der Waals surface area contributed by atoms with Gasteiger partial charge in [-0.3, -0.25) is 19.5 Å². The lowest BCUT2D eigenvalue weighted by Gasteiger charge is -2.18. The fourth-order valence-corrected chi connectivity index (χ4v) is 3.65. The predicted molar refractivity (Wildman–Crippen MR) is 115 cm³/mol. The molecule has 0 saturated carbocycles. The van der Waals surface area contributed by atoms with E-state index in [-0.39, 0.29) is 11.6 Å². The molecule has 148 valence electrons. The maximum absolute atomic E-state index is 13.9. The number of halogens is 2. The van der Waals surface area contributed by atoms with E-state index in [2.05, 4.69) is 18.1 Å². The van der Waals surface area contributed by atoms with Crippen molar-refractivity contribution in [3.05, 3.63) is 102 Å². The molecule has 0 radical (unpaired) electrons. The Bertz CT molecular complexity index is 1200. The summed E-state index contributed by atoms with van der Waals surface area (Å²) in [5.41, 5.74) is 3.22. The minimum Gasteiger partial charge on any atom is -0.269 e. The summed E-state index contributed by atoms with van der Waals surface area (Å²) >= 11 is 6.13. The fraction of sp³-hybridized carbons (Fsp3) is 0.0417. The standard InChI is InChI=1S/C24H16ClFN2O2/c1-3-21-19(14(2)25)12-20(15-7-6-8-16(26)11-15)22(27-21)13-28-23(29)17-9-4-5-10-18(17)24(28)30/h3-12H,1-2,13H2. The molecule has 1 aliphatic heterocycles. The van der Waals surface area contributed by atoms with Gasteiger partial charge in [0.2, 0.25) is 0 Å². The topological polar surface area (TPSA) is 50.3 Å². The lowest BCUT2D eigenvalue weighted by Crippen LogP contribution is -2.30. The third-order valence-electron chi connectivity index (χ3n) is 4.94. The molecule has 2 heterocycles. The highest BCUT2D eigenvalue weighted by atomic mass is 35.5. The molecular formula is C24H16ClFN2O2. The van der Waals surface area contributed by atoms with Crippen molar-refractivity contribution in [3.63, 3.8) is 0 Å². The molecule has 0 fully saturated rings. The van der Waals surface area contributed by atoms with Crippen LogP contribution < -0.4 is 0 Å². The van der Waals surface area contributed by atoms with Gasteiger partial charge in [0.25, 0.3) is 11.8 Å². The van der Waals surface area contributed by atoms with E-state index >= 15 is 0 Å². The SMILES string of the molecule is C=Cc1nc(CN2C(=O)c3ccccc3C2=O)c(-c2cccc(F)c2)cc1C(=C)Cl. The molecule has 6 heteroatoms. The van der Waals surface area contributed by atoms with Gasteiger partial charge in [-0.25, -0.2) is 4.39 Å². The van der Waals surface area contributed by atoms with Crippen molar-refractivity contribution in [1.82, 2.24) is 9.88 Å². The van der Waals surface area contributed by atoms with Gasteiger partial charge in [-0.1, -0.05) is 49.0 Å². The molecule has 2 aromatic carbocycles. The van der Waals surface area contributed by atoms with Gasteiger partial charge in [-0.05, 0) is 42.0 Å². The van der Waals surface area contributed by atoms with E-state index in [4.69, 9.17) is 11.6 Å². The number of hydrogen-bond acceptors (Lipinski definition) is 3. The highest BCUT2D eigenvalue weighted by Crippen LogP contribution is 2.32. The van der Waals surface area contributed by atoms with Gasteiger partial charge in [-0.2, -0.15) is 0 Å². The average Bonchev–Trinajstić information content (AvgIpc) is 2.98. The number of carbonyl (C=O) groups excluding carboxylic acids is 2. The maximum atomic E-state index is 13.9. The Balaban J connectivity index is 1.85. The predicted octanol–water partition coefficient (Wildman–Crippen LogP) is 5.54. The van der Waals surface area contributed by atoms with Crippen LogP contribution in [-0.4, -0.2) is 21.7 Å². The molecule has 1 aromatic heterocycles. The Kier molecular flexibility index (Phi) is 5.06. The van der Waals surface area contributed by atoms with Crippen LogP contribution in [0.5, 0.6) is 0 Å². The van der Waals surface area contributed by atoms with Gasteiger partial charge in [-0.15, -0.1) is 0 Å². The third kappa shape index (κ3) is 3.33. The number of pyridine rings is 1. The van der Waals surface area contributed by atoms with Crippen LogP contribution in [0.3, 0.4) is 0 Å². The van der Waals surface area contributed by atoms with Crippen molar-refractivity contribution >= 4 is 34.5 Å². The normalized spacial score (nSPS) is 12.8. The number of fused-ring (bicyclic) bond motifs is 1. The van der Waals surface area contributed by atoms with Crippen molar-refractivity contribution in [3.8, 4) is 11.1 Å². The zero-order valence-electron chi connectivity index (χ0n) is 15.9. The second kappa shape index (κ2) is 7.69. The summed E-state index contributed by atoms with van der Waals surface area (Å²) in [6.45, 7) is 7.44. The number of imide groups is 1. The molecule has 0 N–H and O–H groups in total. The molecule has 0 saturated heterocycles. The zero-order valence-corrected chi connectivity index (χ0v) is 16.6. The Morgan fingerprint density at radius 1 is 1.03 bits per heavy atom. The van der Waals surface area contributed by atoms with Crippen molar-refractivity contribution in [1.29, 1.82) is 0 Å². The van der Waals surface area contributed by atoms with Gasteiger partial charge in [0.1, 0.15) is 5.82 Å². The average molecular weight is 419 g/mol. The van der Waals surface area contributed by atoms with Crippen molar-refractivity contribution in [2.75, 3.05) is 0 Å². The largest absolute Gasteiger partial charge is 0.269 e. The Morgan fingerprint density at radius 3 is 2.27 bits per heavy atom. The molecule has 0 aliphatic carbocycles. The summed E-state index contributed by atoms with van der Waals surface area (Å²) in [6.07, 6.45) is 1.52. The number of hydrogen-bond donors (Lipinski definition) is 0. The van der Waals surface area contributed by atoms with Gasteiger partial charge in [0.05, 0.1) is 29.1 Å². The summed E-state index contributed by atoms with van der Waals surface area (Å²) < 4.78 is 13.9. The molecule has 3 aromatic rings. The van der Waals surface area contributed by atoms with E-state index in [1.807, 2.05) is 0 Å². The number of nitrogens with zero attached hydrogens (tertiary/aromatic N) is 2. The van der Waals surface area contributed by atoms with E-state index in [1.54, 1.807) is 42.5 Å². The first-order valence-electron chi connectivity index (χ1n) is 9.13. The fourth-order valence-electron chi connectivity index (χ4n) is 3.50. The number of amides is 2. The van der Waals surface area contributed by atoms with Gasteiger partial charge >= 0.3 is 0 Å². The summed E-state index contributed by atoms with van der Waals surface area (Å²) in [5.74, 6) is -1.21. The van der Waals surface area contributed by atoms with Crippen LogP contribution in [0.1, 0.15) is 37.7 Å². The van der Waals surface area contributed by atoms with E-state index < -0.39 is 17.6 Å².